The third-order valence-corrected chi connectivity index (χ3v) is 5.46. The zero-order valence-electron chi connectivity index (χ0n) is 18.4. The molecule has 1 aliphatic carbocycles. The summed E-state index contributed by atoms with van der Waals surface area (Å²) in [5.74, 6) is -3.64. The molecule has 1 fully saturated rings. The van der Waals surface area contributed by atoms with E-state index in [2.05, 4.69) is 20.3 Å². The van der Waals surface area contributed by atoms with Crippen LogP contribution in [0.5, 0.6) is 5.88 Å². The molecule has 0 unspecified atom stereocenters. The summed E-state index contributed by atoms with van der Waals surface area (Å²) in [5.41, 5.74) is 1.73. The van der Waals surface area contributed by atoms with Crippen molar-refractivity contribution in [3.63, 3.8) is 0 Å². The van der Waals surface area contributed by atoms with Gasteiger partial charge in [0.2, 0.25) is 17.6 Å². The number of aromatic nitrogens is 4. The molecule has 1 saturated carbocycles. The molecule has 1 aliphatic rings. The Bertz CT molecular complexity index is 1150. The highest BCUT2D eigenvalue weighted by molar-refractivity contribution is 5.98. The van der Waals surface area contributed by atoms with Crippen LogP contribution < -0.4 is 10.1 Å². The fourth-order valence-corrected chi connectivity index (χ4v) is 3.70. The minimum absolute atomic E-state index is 0.0969. The Kier molecular flexibility index (Phi) is 5.81. The molecule has 0 atom stereocenters. The summed E-state index contributed by atoms with van der Waals surface area (Å²) < 4.78 is 41.5. The molecule has 3 aromatic rings. The Hall–Kier alpha value is -3.14. The Morgan fingerprint density at radius 3 is 2.66 bits per heavy atom. The third-order valence-electron chi connectivity index (χ3n) is 5.46. The highest BCUT2D eigenvalue weighted by Crippen LogP contribution is 2.35. The van der Waals surface area contributed by atoms with Crippen LogP contribution in [0.25, 0.3) is 22.2 Å². The molecule has 0 radical (unpaired) electrons. The van der Waals surface area contributed by atoms with E-state index in [0.717, 1.165) is 17.8 Å². The van der Waals surface area contributed by atoms with Crippen LogP contribution in [0, 0.1) is 0 Å². The van der Waals surface area contributed by atoms with Crippen molar-refractivity contribution in [1.82, 2.24) is 19.5 Å². The Morgan fingerprint density at radius 2 is 2.03 bits per heavy atom. The first-order chi connectivity index (χ1) is 15.2. The number of anilines is 1. The van der Waals surface area contributed by atoms with Crippen molar-refractivity contribution < 1.29 is 23.0 Å². The van der Waals surface area contributed by atoms with Crippen molar-refractivity contribution >= 4 is 22.6 Å². The van der Waals surface area contributed by atoms with Crippen molar-refractivity contribution in [3.8, 4) is 17.1 Å². The average Bonchev–Trinajstić information content (AvgIpc) is 3.07. The van der Waals surface area contributed by atoms with Crippen molar-refractivity contribution in [2.75, 3.05) is 12.4 Å². The van der Waals surface area contributed by atoms with Gasteiger partial charge in [0.25, 0.3) is 0 Å². The molecule has 0 spiro atoms. The fourth-order valence-electron chi connectivity index (χ4n) is 3.70. The van der Waals surface area contributed by atoms with Gasteiger partial charge in [0.1, 0.15) is 11.9 Å². The van der Waals surface area contributed by atoms with Gasteiger partial charge in [-0.2, -0.15) is 13.8 Å². The maximum Gasteiger partial charge on any atom is 0.303 e. The second-order valence-corrected chi connectivity index (χ2v) is 7.97. The number of carbonyl (C=O) groups is 1. The molecule has 0 bridgehead atoms. The number of carbonyl (C=O) groups excluding carboxylic acids is 1. The highest BCUT2D eigenvalue weighted by atomic mass is 19.3. The quantitative estimate of drug-likeness (QED) is 0.588. The number of rotatable bonds is 7. The van der Waals surface area contributed by atoms with Gasteiger partial charge in [-0.3, -0.25) is 4.79 Å². The lowest BCUT2D eigenvalue weighted by Crippen LogP contribution is -2.39. The number of hydrogen-bond donors (Lipinski definition) is 1. The lowest BCUT2D eigenvalue weighted by Gasteiger charge is -2.33. The number of alkyl halides is 2. The van der Waals surface area contributed by atoms with Crippen LogP contribution in [0.4, 0.5) is 14.6 Å². The number of methoxy groups -OCH3 is 1. The molecule has 170 valence electrons. The average molecular weight is 445 g/mol. The van der Waals surface area contributed by atoms with Crippen molar-refractivity contribution in [3.05, 3.63) is 30.4 Å². The van der Waals surface area contributed by atoms with Gasteiger partial charge in [0.15, 0.2) is 0 Å². The van der Waals surface area contributed by atoms with Crippen molar-refractivity contribution in [2.45, 2.75) is 58.3 Å². The minimum atomic E-state index is -3.24. The first kappa shape index (κ1) is 22.1. The van der Waals surface area contributed by atoms with E-state index < -0.39 is 11.7 Å². The molecular weight excluding hydrogens is 420 g/mol. The number of pyridine rings is 1. The summed E-state index contributed by atoms with van der Waals surface area (Å²) in [6, 6.07) is 3.28. The molecule has 1 amide bonds. The summed E-state index contributed by atoms with van der Waals surface area (Å²) >= 11 is 0. The number of ether oxygens (including phenoxy) is 2. The molecule has 3 aromatic heterocycles. The maximum absolute atomic E-state index is 14.2. The summed E-state index contributed by atoms with van der Waals surface area (Å²) in [7, 11) is 1.63. The van der Waals surface area contributed by atoms with E-state index in [4.69, 9.17) is 9.47 Å². The van der Waals surface area contributed by atoms with E-state index in [0.29, 0.717) is 36.5 Å². The number of amides is 1. The molecule has 0 saturated heterocycles. The van der Waals surface area contributed by atoms with Gasteiger partial charge in [-0.1, -0.05) is 0 Å². The first-order valence-corrected chi connectivity index (χ1v) is 10.4. The molecule has 1 N–H and O–H groups in total. The van der Waals surface area contributed by atoms with Crippen LogP contribution in [0.2, 0.25) is 0 Å². The number of nitrogens with zero attached hydrogens (tertiary/aromatic N) is 4. The molecule has 0 aromatic carbocycles. The zero-order valence-corrected chi connectivity index (χ0v) is 18.4. The predicted octanol–water partition coefficient (Wildman–Crippen LogP) is 4.14. The summed E-state index contributed by atoms with van der Waals surface area (Å²) in [6.07, 6.45) is 4.78. The number of fused-ring (bicyclic) bond motifs is 1. The van der Waals surface area contributed by atoms with Gasteiger partial charge in [0.05, 0.1) is 23.5 Å². The standard InChI is InChI=1S/C22H25F2N5O3/c1-5-29-11-16(15-8-19(26-12(2)30)25-10-18(15)29)17-9-20(28-21(27-17)22(3,23)24)32-14-6-13(7-14)31-4/h8-11,13-14H,5-7H2,1-4H3,(H,25,26,30). The molecule has 8 nitrogen and oxygen atoms in total. The van der Waals surface area contributed by atoms with E-state index in [9.17, 15) is 13.6 Å². The molecule has 4 rings (SSSR count). The summed E-state index contributed by atoms with van der Waals surface area (Å²) in [5, 5.41) is 3.38. The Labute approximate surface area is 184 Å². The van der Waals surface area contributed by atoms with E-state index in [1.165, 1.54) is 6.92 Å². The maximum atomic E-state index is 14.2. The van der Waals surface area contributed by atoms with Gasteiger partial charge < -0.3 is 19.4 Å². The smallest absolute Gasteiger partial charge is 0.303 e. The second kappa shape index (κ2) is 8.42. The topological polar surface area (TPSA) is 91.2 Å². The van der Waals surface area contributed by atoms with E-state index in [-0.39, 0.29) is 24.0 Å². The largest absolute Gasteiger partial charge is 0.474 e. The lowest BCUT2D eigenvalue weighted by molar-refractivity contribution is -0.114. The van der Waals surface area contributed by atoms with E-state index in [1.54, 1.807) is 25.4 Å². The third kappa shape index (κ3) is 4.40. The summed E-state index contributed by atoms with van der Waals surface area (Å²) in [6.45, 7) is 4.76. The molecule has 10 heteroatoms. The molecular formula is C22H25F2N5O3. The Balaban J connectivity index is 1.80. The number of halogens is 2. The zero-order chi connectivity index (χ0) is 23.0. The number of hydrogen-bond acceptors (Lipinski definition) is 6. The molecule has 0 aliphatic heterocycles. The van der Waals surface area contributed by atoms with Crippen molar-refractivity contribution in [1.29, 1.82) is 0 Å². The van der Waals surface area contributed by atoms with Crippen LogP contribution in [0.15, 0.2) is 24.5 Å². The van der Waals surface area contributed by atoms with E-state index >= 15 is 0 Å². The highest BCUT2D eigenvalue weighted by Gasteiger charge is 2.33. The van der Waals surface area contributed by atoms with Gasteiger partial charge in [0, 0.05) is 63.6 Å². The number of aryl methyl sites for hydroxylation is 1. The van der Waals surface area contributed by atoms with Crippen LogP contribution in [0.1, 0.15) is 39.4 Å². The van der Waals surface area contributed by atoms with Crippen LogP contribution in [0.3, 0.4) is 0 Å². The monoisotopic (exact) mass is 445 g/mol. The fraction of sp³-hybridized carbons (Fsp3) is 0.455. The summed E-state index contributed by atoms with van der Waals surface area (Å²) in [4.78, 5) is 23.9. The van der Waals surface area contributed by atoms with Gasteiger partial charge in [-0.15, -0.1) is 0 Å². The van der Waals surface area contributed by atoms with Crippen LogP contribution in [-0.2, 0) is 22.0 Å². The lowest BCUT2D eigenvalue weighted by atomic mass is 9.92. The Morgan fingerprint density at radius 1 is 1.28 bits per heavy atom. The van der Waals surface area contributed by atoms with Crippen molar-refractivity contribution in [2.24, 2.45) is 0 Å². The van der Waals surface area contributed by atoms with Crippen LogP contribution >= 0.6 is 0 Å². The van der Waals surface area contributed by atoms with Crippen LogP contribution in [-0.4, -0.2) is 44.7 Å². The predicted molar refractivity (Wildman–Crippen MR) is 115 cm³/mol. The van der Waals surface area contributed by atoms with Gasteiger partial charge in [-0.25, -0.2) is 9.97 Å². The van der Waals surface area contributed by atoms with Gasteiger partial charge in [-0.05, 0) is 13.0 Å². The van der Waals surface area contributed by atoms with E-state index in [1.807, 2.05) is 17.7 Å². The minimum Gasteiger partial charge on any atom is -0.474 e. The second-order valence-electron chi connectivity index (χ2n) is 7.97. The molecule has 32 heavy (non-hydrogen) atoms. The normalized spacial score (nSPS) is 18.4. The number of nitrogens with one attached hydrogen (secondary N) is 1. The SMILES string of the molecule is CCn1cc(-c2cc(OC3CC(OC)C3)nc(C(C)(F)F)n2)c2cc(NC(C)=O)ncc21. The van der Waals surface area contributed by atoms with Gasteiger partial charge >= 0.3 is 5.92 Å². The molecule has 3 heterocycles. The first-order valence-electron chi connectivity index (χ1n) is 10.4.